The van der Waals surface area contributed by atoms with Gasteiger partial charge in [0.2, 0.25) is 0 Å². The van der Waals surface area contributed by atoms with Gasteiger partial charge in [-0.25, -0.2) is 0 Å². The van der Waals surface area contributed by atoms with E-state index in [1.54, 1.807) is 0 Å². The van der Waals surface area contributed by atoms with E-state index in [0.29, 0.717) is 0 Å². The Labute approximate surface area is 296 Å². The van der Waals surface area contributed by atoms with Crippen LogP contribution in [0.2, 0.25) is 0 Å². The summed E-state index contributed by atoms with van der Waals surface area (Å²) in [6.45, 7) is 4.72. The third-order valence-electron chi connectivity index (χ3n) is 10.0. The molecular weight excluding hydrogens is 782 g/mol. The zero-order valence-electron chi connectivity index (χ0n) is 26.6. The second-order valence-electron chi connectivity index (χ2n) is 12.8. The summed E-state index contributed by atoms with van der Waals surface area (Å²) in [6, 6.07) is 57.9. The van der Waals surface area contributed by atoms with Crippen LogP contribution in [0.15, 0.2) is 152 Å². The number of benzene rings is 5. The molecule has 3 nitrogen and oxygen atoms in total. The summed E-state index contributed by atoms with van der Waals surface area (Å²) in [5, 5.41) is 7.44. The Morgan fingerprint density at radius 2 is 1.25 bits per heavy atom. The molecule has 0 saturated carbocycles. The Hall–Kier alpha value is -4.89. The van der Waals surface area contributed by atoms with Crippen LogP contribution in [-0.2, 0) is 26.5 Å². The molecule has 0 atom stereocenters. The number of hydrogen-bond acceptors (Lipinski definition) is 2. The van der Waals surface area contributed by atoms with Crippen molar-refractivity contribution in [2.45, 2.75) is 19.3 Å². The number of aromatic nitrogens is 3. The molecule has 0 spiro atoms. The van der Waals surface area contributed by atoms with Crippen molar-refractivity contribution in [3.63, 3.8) is 0 Å². The maximum atomic E-state index is 5.17. The van der Waals surface area contributed by atoms with Crippen molar-refractivity contribution < 1.29 is 21.1 Å². The first-order chi connectivity index (χ1) is 23.1. The first-order valence-electron chi connectivity index (χ1n) is 16.1. The van der Waals surface area contributed by atoms with Gasteiger partial charge in [-0.15, -0.1) is 35.2 Å². The number of hydrogen-bond donors (Lipinski definition) is 0. The Morgan fingerprint density at radius 1 is 0.583 bits per heavy atom. The first kappa shape index (κ1) is 30.4. The van der Waals surface area contributed by atoms with Crippen molar-refractivity contribution in [2.75, 3.05) is 0 Å². The van der Waals surface area contributed by atoms with E-state index in [9.17, 15) is 0 Å². The summed E-state index contributed by atoms with van der Waals surface area (Å²) < 4.78 is 2.33. The second kappa shape index (κ2) is 11.7. The monoisotopic (exact) mass is 812 g/mol. The van der Waals surface area contributed by atoms with Gasteiger partial charge in [-0.05, 0) is 62.5 Å². The third-order valence-corrected chi connectivity index (χ3v) is 14.7. The van der Waals surface area contributed by atoms with E-state index in [2.05, 4.69) is 151 Å². The van der Waals surface area contributed by atoms with Crippen LogP contribution in [0, 0.1) is 12.1 Å². The summed E-state index contributed by atoms with van der Waals surface area (Å²) in [7, 11) is -2.92. The fourth-order valence-electron chi connectivity index (χ4n) is 7.91. The summed E-state index contributed by atoms with van der Waals surface area (Å²) >= 11 is 0. The molecule has 8 aromatic rings. The molecule has 3 aromatic heterocycles. The molecule has 232 valence electrons. The fourth-order valence-corrected chi connectivity index (χ4v) is 13.2. The summed E-state index contributed by atoms with van der Waals surface area (Å²) in [4.78, 5) is 9.79. The molecule has 5 heteroatoms. The minimum Gasteiger partial charge on any atom is -0.352 e. The molecule has 4 heterocycles. The molecule has 1 aliphatic rings. The van der Waals surface area contributed by atoms with Crippen LogP contribution in [-0.4, -0.2) is 22.6 Å². The van der Waals surface area contributed by atoms with Crippen LogP contribution in [0.1, 0.15) is 25.0 Å². The van der Waals surface area contributed by atoms with Crippen LogP contribution in [0.5, 0.6) is 0 Å². The molecule has 1 aliphatic heterocycles. The molecule has 0 fully saturated rings. The van der Waals surface area contributed by atoms with Gasteiger partial charge in [0.1, 0.15) is 0 Å². The van der Waals surface area contributed by atoms with Crippen LogP contribution >= 0.6 is 0 Å². The molecule has 5 aromatic carbocycles. The average molecular weight is 813 g/mol. The number of rotatable bonds is 4. The van der Waals surface area contributed by atoms with Crippen molar-refractivity contribution in [1.29, 1.82) is 0 Å². The van der Waals surface area contributed by atoms with Crippen LogP contribution in [0.25, 0.3) is 38.8 Å². The van der Waals surface area contributed by atoms with Crippen molar-refractivity contribution >= 4 is 50.8 Å². The molecule has 0 aliphatic carbocycles. The Balaban J connectivity index is 0.00000336. The maximum Gasteiger partial charge on any atom is 2.00 e. The Kier molecular flexibility index (Phi) is 7.40. The maximum absolute atomic E-state index is 5.17. The van der Waals surface area contributed by atoms with Crippen LogP contribution < -0.4 is 20.9 Å². The van der Waals surface area contributed by atoms with Crippen LogP contribution in [0.4, 0.5) is 0 Å². The zero-order chi connectivity index (χ0) is 31.6. The van der Waals surface area contributed by atoms with Gasteiger partial charge in [-0.3, -0.25) is 4.98 Å². The van der Waals surface area contributed by atoms with E-state index >= 15 is 0 Å². The van der Waals surface area contributed by atoms with E-state index < -0.39 is 8.07 Å². The molecule has 0 N–H and O–H groups in total. The molecule has 0 amide bonds. The summed E-state index contributed by atoms with van der Waals surface area (Å²) in [5.41, 5.74) is 7.57. The van der Waals surface area contributed by atoms with Gasteiger partial charge in [0.15, 0.2) is 8.07 Å². The van der Waals surface area contributed by atoms with E-state index in [4.69, 9.17) is 4.98 Å². The summed E-state index contributed by atoms with van der Waals surface area (Å²) in [5.74, 6) is 0. The molecule has 0 radical (unpaired) electrons. The summed E-state index contributed by atoms with van der Waals surface area (Å²) in [6.07, 6.45) is 3.78. The van der Waals surface area contributed by atoms with Gasteiger partial charge < -0.3 is 9.55 Å². The number of nitrogens with zero attached hydrogens (tertiary/aromatic N) is 3. The third kappa shape index (κ3) is 4.36. The second-order valence-corrected chi connectivity index (χ2v) is 16.5. The number of pyridine rings is 2. The minimum atomic E-state index is -2.92. The minimum absolute atomic E-state index is 0. The Bertz CT molecular complexity index is 2400. The molecule has 0 saturated heterocycles. The average Bonchev–Trinajstić information content (AvgIpc) is 3.47. The van der Waals surface area contributed by atoms with Crippen molar-refractivity contribution in [1.82, 2.24) is 14.5 Å². The fraction of sp³-hybridized carbons (Fsp3) is 0.0698. The van der Waals surface area contributed by atoms with Gasteiger partial charge in [0.25, 0.3) is 0 Å². The largest absolute Gasteiger partial charge is 2.00 e. The van der Waals surface area contributed by atoms with Gasteiger partial charge in [0, 0.05) is 28.6 Å². The molecule has 9 rings (SSSR count). The van der Waals surface area contributed by atoms with Crippen molar-refractivity contribution in [3.05, 3.63) is 175 Å². The van der Waals surface area contributed by atoms with Gasteiger partial charge in [-0.1, -0.05) is 104 Å². The molecular formula is C43H31N3PtSi. The molecule has 0 unspecified atom stereocenters. The molecule has 48 heavy (non-hydrogen) atoms. The zero-order valence-corrected chi connectivity index (χ0v) is 29.9. The van der Waals surface area contributed by atoms with Crippen LogP contribution in [0.3, 0.4) is 0 Å². The van der Waals surface area contributed by atoms with E-state index in [1.807, 2.05) is 36.7 Å². The normalized spacial score (nSPS) is 14.2. The number of fused-ring (bicyclic) bond motifs is 5. The van der Waals surface area contributed by atoms with Gasteiger partial charge in [0.05, 0.1) is 0 Å². The SMILES string of the molecule is CC1(C)c2ccccc2[Si](c2[c-]c3c(cc2)c2ccccc2n3-c2[c-]c(-c3ccccn3)ccc2)(c2ccccn2)c2ccccc21.[Pt+2]. The predicted molar refractivity (Wildman–Crippen MR) is 195 cm³/mol. The predicted octanol–water partition coefficient (Wildman–Crippen LogP) is 6.86. The van der Waals surface area contributed by atoms with Crippen molar-refractivity contribution in [2.24, 2.45) is 0 Å². The van der Waals surface area contributed by atoms with Crippen molar-refractivity contribution in [3.8, 4) is 16.9 Å². The van der Waals surface area contributed by atoms with Gasteiger partial charge in [-0.2, -0.15) is 23.4 Å². The Morgan fingerprint density at radius 3 is 1.96 bits per heavy atom. The quantitative estimate of drug-likeness (QED) is 0.144. The van der Waals surface area contributed by atoms with E-state index in [1.165, 1.54) is 37.5 Å². The standard InChI is InChI=1S/C43H31N3Si.Pt/c1-43(2)35-17-4-7-21-40(35)47(42-23-10-12-27-45-42,41-22-8-5-18-36(41)43)32-24-25-34-33-16-3-6-20-38(33)46(39(34)29-32)31-15-13-14-30(28-31)37-19-9-11-26-44-37;/h3-27H,1-2H3;/q-2;+2. The first-order valence-corrected chi connectivity index (χ1v) is 18.1. The topological polar surface area (TPSA) is 30.7 Å². The molecule has 0 bridgehead atoms. The van der Waals surface area contributed by atoms with E-state index in [0.717, 1.165) is 33.3 Å². The van der Waals surface area contributed by atoms with E-state index in [-0.39, 0.29) is 26.5 Å². The number of para-hydroxylation sites is 1. The smallest absolute Gasteiger partial charge is 0.352 e. The van der Waals surface area contributed by atoms with Gasteiger partial charge >= 0.3 is 21.1 Å².